The van der Waals surface area contributed by atoms with E-state index in [4.69, 9.17) is 4.42 Å². The summed E-state index contributed by atoms with van der Waals surface area (Å²) in [7, 11) is 0. The summed E-state index contributed by atoms with van der Waals surface area (Å²) in [5.74, 6) is -0.942. The van der Waals surface area contributed by atoms with E-state index >= 15 is 0 Å². The van der Waals surface area contributed by atoms with Gasteiger partial charge >= 0.3 is 0 Å². The van der Waals surface area contributed by atoms with E-state index in [2.05, 4.69) is 0 Å². The highest BCUT2D eigenvalue weighted by Gasteiger charge is 2.46. The number of hydrogen-bond donors (Lipinski definition) is 1. The van der Waals surface area contributed by atoms with E-state index in [0.717, 1.165) is 16.7 Å². The van der Waals surface area contributed by atoms with Gasteiger partial charge in [0.25, 0.3) is 11.7 Å². The normalized spacial score (nSPS) is 18.4. The average Bonchev–Trinajstić information content (AvgIpc) is 3.32. The first-order valence-electron chi connectivity index (χ1n) is 9.40. The van der Waals surface area contributed by atoms with Gasteiger partial charge in [0.2, 0.25) is 0 Å². The molecule has 0 bridgehead atoms. The number of furan rings is 1. The molecule has 0 spiro atoms. The maximum absolute atomic E-state index is 13.0. The summed E-state index contributed by atoms with van der Waals surface area (Å²) in [6.07, 6.45) is 1.53. The summed E-state index contributed by atoms with van der Waals surface area (Å²) >= 11 is 0. The van der Waals surface area contributed by atoms with Gasteiger partial charge < -0.3 is 14.4 Å². The Labute approximate surface area is 168 Å². The first kappa shape index (κ1) is 18.7. The Bertz CT molecular complexity index is 1100. The number of benzene rings is 2. The number of nitrogens with zero attached hydrogens (tertiary/aromatic N) is 1. The molecule has 1 atom stereocenters. The van der Waals surface area contributed by atoms with Crippen LogP contribution >= 0.6 is 0 Å². The zero-order valence-corrected chi connectivity index (χ0v) is 16.3. The highest BCUT2D eigenvalue weighted by atomic mass is 16.3. The average molecular weight is 387 g/mol. The number of aryl methyl sites for hydroxylation is 2. The van der Waals surface area contributed by atoms with Crippen molar-refractivity contribution in [2.45, 2.75) is 26.4 Å². The molecule has 0 saturated carbocycles. The fraction of sp³-hybridized carbons (Fsp3) is 0.167. The fourth-order valence-corrected chi connectivity index (χ4v) is 3.64. The smallest absolute Gasteiger partial charge is 0.296 e. The van der Waals surface area contributed by atoms with Gasteiger partial charge in [-0.15, -0.1) is 0 Å². The van der Waals surface area contributed by atoms with Crippen LogP contribution in [-0.4, -0.2) is 21.7 Å². The van der Waals surface area contributed by atoms with Gasteiger partial charge in [0.15, 0.2) is 0 Å². The zero-order valence-electron chi connectivity index (χ0n) is 16.3. The molecule has 1 amide bonds. The van der Waals surface area contributed by atoms with Crippen LogP contribution in [0.1, 0.15) is 34.1 Å². The Hall–Kier alpha value is -3.60. The molecule has 1 N–H and O–H groups in total. The van der Waals surface area contributed by atoms with Crippen LogP contribution in [0.25, 0.3) is 5.76 Å². The van der Waals surface area contributed by atoms with Crippen molar-refractivity contribution in [3.8, 4) is 0 Å². The number of Topliss-reactive ketones (excluding diaryl/α,β-unsaturated/α-hetero) is 1. The highest BCUT2D eigenvalue weighted by Crippen LogP contribution is 2.40. The molecular weight excluding hydrogens is 366 g/mol. The molecule has 5 nitrogen and oxygen atoms in total. The van der Waals surface area contributed by atoms with E-state index in [9.17, 15) is 14.7 Å². The minimum Gasteiger partial charge on any atom is -0.507 e. The summed E-state index contributed by atoms with van der Waals surface area (Å²) in [6, 6.07) is 17.5. The van der Waals surface area contributed by atoms with Gasteiger partial charge in [-0.05, 0) is 48.7 Å². The molecule has 1 saturated heterocycles. The minimum atomic E-state index is -0.693. The van der Waals surface area contributed by atoms with Gasteiger partial charge in [0.05, 0.1) is 24.4 Å². The molecule has 1 unspecified atom stereocenters. The number of aliphatic hydroxyl groups is 1. The molecule has 4 rings (SSSR count). The Morgan fingerprint density at radius 3 is 2.41 bits per heavy atom. The molecule has 5 heteroatoms. The summed E-state index contributed by atoms with van der Waals surface area (Å²) in [5.41, 5.74) is 3.44. The third-order valence-corrected chi connectivity index (χ3v) is 5.34. The second kappa shape index (κ2) is 7.43. The number of carbonyl (C=O) groups is 2. The SMILES string of the molecule is Cc1ccc(/C(O)=C2/C(=O)C(=O)N(Cc3ccco3)C2c2ccccc2)cc1C. The number of aliphatic hydroxyl groups excluding tert-OH is 1. The summed E-state index contributed by atoms with van der Waals surface area (Å²) in [4.78, 5) is 27.3. The van der Waals surface area contributed by atoms with Crippen molar-refractivity contribution >= 4 is 17.4 Å². The van der Waals surface area contributed by atoms with Crippen molar-refractivity contribution in [1.29, 1.82) is 0 Å². The lowest BCUT2D eigenvalue weighted by molar-refractivity contribution is -0.140. The van der Waals surface area contributed by atoms with E-state index in [-0.39, 0.29) is 17.9 Å². The van der Waals surface area contributed by atoms with Gasteiger partial charge in [0, 0.05) is 5.56 Å². The van der Waals surface area contributed by atoms with Crippen LogP contribution in [0, 0.1) is 13.8 Å². The molecule has 1 aliphatic heterocycles. The summed E-state index contributed by atoms with van der Waals surface area (Å²) < 4.78 is 5.39. The first-order chi connectivity index (χ1) is 14.0. The number of rotatable bonds is 4. The molecule has 2 aromatic carbocycles. The topological polar surface area (TPSA) is 70.8 Å². The van der Waals surface area contributed by atoms with Gasteiger partial charge in [0.1, 0.15) is 11.5 Å². The van der Waals surface area contributed by atoms with Gasteiger partial charge in [-0.1, -0.05) is 42.5 Å². The van der Waals surface area contributed by atoms with E-state index < -0.39 is 17.7 Å². The lowest BCUT2D eigenvalue weighted by atomic mass is 9.94. The van der Waals surface area contributed by atoms with Gasteiger partial charge in [-0.25, -0.2) is 0 Å². The Morgan fingerprint density at radius 2 is 1.76 bits per heavy atom. The van der Waals surface area contributed by atoms with Crippen LogP contribution in [0.15, 0.2) is 76.9 Å². The maximum atomic E-state index is 13.0. The van der Waals surface area contributed by atoms with Crippen molar-refractivity contribution in [3.05, 3.63) is 101 Å². The van der Waals surface area contributed by atoms with Crippen molar-refractivity contribution < 1.29 is 19.1 Å². The molecule has 1 aliphatic rings. The quantitative estimate of drug-likeness (QED) is 0.406. The molecule has 146 valence electrons. The van der Waals surface area contributed by atoms with Crippen LogP contribution in [0.2, 0.25) is 0 Å². The van der Waals surface area contributed by atoms with Gasteiger partial charge in [-0.3, -0.25) is 9.59 Å². The van der Waals surface area contributed by atoms with Crippen molar-refractivity contribution in [2.75, 3.05) is 0 Å². The van der Waals surface area contributed by atoms with Crippen molar-refractivity contribution in [1.82, 2.24) is 4.90 Å². The molecule has 2 heterocycles. The Kier molecular flexibility index (Phi) is 4.80. The van der Waals surface area contributed by atoms with Crippen LogP contribution in [0.3, 0.4) is 0 Å². The molecule has 0 radical (unpaired) electrons. The van der Waals surface area contributed by atoms with Crippen LogP contribution in [0.5, 0.6) is 0 Å². The molecule has 1 aromatic heterocycles. The summed E-state index contributed by atoms with van der Waals surface area (Å²) in [6.45, 7) is 4.06. The van der Waals surface area contributed by atoms with Crippen LogP contribution in [0.4, 0.5) is 0 Å². The third kappa shape index (κ3) is 3.36. The molecule has 0 aliphatic carbocycles. The highest BCUT2D eigenvalue weighted by molar-refractivity contribution is 6.46. The number of likely N-dealkylation sites (tertiary alicyclic amines) is 1. The maximum Gasteiger partial charge on any atom is 0.296 e. The van der Waals surface area contributed by atoms with E-state index in [1.807, 2.05) is 56.3 Å². The minimum absolute atomic E-state index is 0.0935. The zero-order chi connectivity index (χ0) is 20.5. The Morgan fingerprint density at radius 1 is 1.00 bits per heavy atom. The lowest BCUT2D eigenvalue weighted by Crippen LogP contribution is -2.29. The van der Waals surface area contributed by atoms with E-state index in [1.165, 1.54) is 11.2 Å². The first-order valence-corrected chi connectivity index (χ1v) is 9.40. The largest absolute Gasteiger partial charge is 0.507 e. The second-order valence-corrected chi connectivity index (χ2v) is 7.22. The van der Waals surface area contributed by atoms with Crippen LogP contribution in [-0.2, 0) is 16.1 Å². The molecular formula is C24H21NO4. The second-order valence-electron chi connectivity index (χ2n) is 7.22. The fourth-order valence-electron chi connectivity index (χ4n) is 3.64. The van der Waals surface area contributed by atoms with E-state index in [1.54, 1.807) is 18.2 Å². The number of carbonyl (C=O) groups excluding carboxylic acids is 2. The number of ketones is 1. The number of hydrogen-bond acceptors (Lipinski definition) is 4. The molecule has 1 fully saturated rings. The predicted molar refractivity (Wildman–Crippen MR) is 109 cm³/mol. The van der Waals surface area contributed by atoms with Crippen molar-refractivity contribution in [3.63, 3.8) is 0 Å². The standard InChI is InChI=1S/C24H21NO4/c1-15-10-11-18(13-16(15)2)22(26)20-21(17-7-4-3-5-8-17)25(24(28)23(20)27)14-19-9-6-12-29-19/h3-13,21,26H,14H2,1-2H3/b22-20-. The lowest BCUT2D eigenvalue weighted by Gasteiger charge is -2.24. The molecule has 29 heavy (non-hydrogen) atoms. The van der Waals surface area contributed by atoms with Crippen molar-refractivity contribution in [2.24, 2.45) is 0 Å². The molecule has 3 aromatic rings. The number of amides is 1. The Balaban J connectivity index is 1.87. The monoisotopic (exact) mass is 387 g/mol. The van der Waals surface area contributed by atoms with Gasteiger partial charge in [-0.2, -0.15) is 0 Å². The van der Waals surface area contributed by atoms with E-state index in [0.29, 0.717) is 11.3 Å². The third-order valence-electron chi connectivity index (χ3n) is 5.34. The summed E-state index contributed by atoms with van der Waals surface area (Å²) in [5, 5.41) is 11.1. The predicted octanol–water partition coefficient (Wildman–Crippen LogP) is 4.52. The van der Waals surface area contributed by atoms with Crippen LogP contribution < -0.4 is 0 Å².